The van der Waals surface area contributed by atoms with Crippen LogP contribution in [0.3, 0.4) is 0 Å². The second-order valence-corrected chi connectivity index (χ2v) is 6.12. The molecular formula is C15H20N2O3S. The molecule has 114 valence electrons. The van der Waals surface area contributed by atoms with E-state index < -0.39 is 6.04 Å². The Hall–Kier alpha value is -1.69. The van der Waals surface area contributed by atoms with Crippen molar-refractivity contribution in [1.82, 2.24) is 4.90 Å². The van der Waals surface area contributed by atoms with Crippen LogP contribution < -0.4 is 5.73 Å². The molecule has 0 aromatic heterocycles. The van der Waals surface area contributed by atoms with E-state index in [4.69, 9.17) is 10.5 Å². The molecule has 1 saturated heterocycles. The van der Waals surface area contributed by atoms with Crippen LogP contribution in [0.2, 0.25) is 0 Å². The SMILES string of the molecule is CCOC(=O)C1CSCCN1C(=O)c1cc(C)cc(N)c1. The smallest absolute Gasteiger partial charge is 0.329 e. The summed E-state index contributed by atoms with van der Waals surface area (Å²) in [5.41, 5.74) is 7.81. The zero-order chi connectivity index (χ0) is 15.4. The molecule has 2 N–H and O–H groups in total. The number of ether oxygens (including phenoxy) is 1. The maximum Gasteiger partial charge on any atom is 0.329 e. The average Bonchev–Trinajstić information content (AvgIpc) is 2.45. The van der Waals surface area contributed by atoms with Crippen molar-refractivity contribution in [3.8, 4) is 0 Å². The van der Waals surface area contributed by atoms with Crippen molar-refractivity contribution >= 4 is 29.3 Å². The van der Waals surface area contributed by atoms with Crippen LogP contribution in [0, 0.1) is 6.92 Å². The number of rotatable bonds is 3. The van der Waals surface area contributed by atoms with Gasteiger partial charge in [0.25, 0.3) is 5.91 Å². The topological polar surface area (TPSA) is 72.6 Å². The molecule has 0 saturated carbocycles. The van der Waals surface area contributed by atoms with Gasteiger partial charge in [0.05, 0.1) is 6.61 Å². The highest BCUT2D eigenvalue weighted by atomic mass is 32.2. The minimum atomic E-state index is -0.516. The summed E-state index contributed by atoms with van der Waals surface area (Å²) in [4.78, 5) is 26.3. The van der Waals surface area contributed by atoms with Crippen molar-refractivity contribution in [3.05, 3.63) is 29.3 Å². The largest absolute Gasteiger partial charge is 0.464 e. The summed E-state index contributed by atoms with van der Waals surface area (Å²) in [6, 6.07) is 4.74. The van der Waals surface area contributed by atoms with Crippen LogP contribution in [-0.4, -0.2) is 47.5 Å². The lowest BCUT2D eigenvalue weighted by Gasteiger charge is -2.33. The van der Waals surface area contributed by atoms with Crippen LogP contribution in [0.4, 0.5) is 5.69 Å². The van der Waals surface area contributed by atoms with Crippen molar-refractivity contribution in [3.63, 3.8) is 0 Å². The summed E-state index contributed by atoms with van der Waals surface area (Å²) in [5.74, 6) is 0.900. The molecule has 2 rings (SSSR count). The van der Waals surface area contributed by atoms with Crippen LogP contribution in [0.5, 0.6) is 0 Å². The van der Waals surface area contributed by atoms with Crippen molar-refractivity contribution in [2.75, 3.05) is 30.4 Å². The number of carbonyl (C=O) groups excluding carboxylic acids is 2. The highest BCUT2D eigenvalue weighted by Gasteiger charge is 2.34. The van der Waals surface area contributed by atoms with Gasteiger partial charge < -0.3 is 15.4 Å². The molecule has 1 atom stereocenters. The first-order valence-electron chi connectivity index (χ1n) is 6.95. The summed E-state index contributed by atoms with van der Waals surface area (Å²) in [6.07, 6.45) is 0. The first-order chi connectivity index (χ1) is 10.0. The predicted octanol–water partition coefficient (Wildman–Crippen LogP) is 1.70. The zero-order valence-corrected chi connectivity index (χ0v) is 13.1. The summed E-state index contributed by atoms with van der Waals surface area (Å²) in [7, 11) is 0. The summed E-state index contributed by atoms with van der Waals surface area (Å²) in [5, 5.41) is 0. The first kappa shape index (κ1) is 15.7. The fraction of sp³-hybridized carbons (Fsp3) is 0.467. The van der Waals surface area contributed by atoms with Gasteiger partial charge in [-0.1, -0.05) is 0 Å². The Bertz CT molecular complexity index is 527. The number of nitrogens with two attached hydrogens (primary N) is 1. The van der Waals surface area contributed by atoms with Gasteiger partial charge in [0, 0.05) is 29.3 Å². The van der Waals surface area contributed by atoms with E-state index in [9.17, 15) is 9.59 Å². The number of hydrogen-bond acceptors (Lipinski definition) is 5. The Balaban J connectivity index is 2.24. The van der Waals surface area contributed by atoms with Gasteiger partial charge in [-0.3, -0.25) is 4.79 Å². The summed E-state index contributed by atoms with van der Waals surface area (Å²) in [6.45, 7) is 4.52. The van der Waals surface area contributed by atoms with Gasteiger partial charge in [-0.15, -0.1) is 0 Å². The second kappa shape index (κ2) is 6.85. The van der Waals surface area contributed by atoms with Gasteiger partial charge >= 0.3 is 5.97 Å². The highest BCUT2D eigenvalue weighted by molar-refractivity contribution is 7.99. The Morgan fingerprint density at radius 2 is 2.19 bits per heavy atom. The lowest BCUT2D eigenvalue weighted by Crippen LogP contribution is -2.51. The number of benzene rings is 1. The van der Waals surface area contributed by atoms with Crippen molar-refractivity contribution < 1.29 is 14.3 Å². The zero-order valence-electron chi connectivity index (χ0n) is 12.3. The molecule has 0 radical (unpaired) electrons. The molecule has 1 aromatic carbocycles. The van der Waals surface area contributed by atoms with Gasteiger partial charge in [-0.05, 0) is 37.6 Å². The number of thioether (sulfide) groups is 1. The van der Waals surface area contributed by atoms with Crippen LogP contribution >= 0.6 is 11.8 Å². The van der Waals surface area contributed by atoms with Crippen LogP contribution in [0.1, 0.15) is 22.8 Å². The molecule has 6 heteroatoms. The first-order valence-corrected chi connectivity index (χ1v) is 8.11. The fourth-order valence-electron chi connectivity index (χ4n) is 2.38. The highest BCUT2D eigenvalue weighted by Crippen LogP contribution is 2.21. The number of carbonyl (C=O) groups is 2. The van der Waals surface area contributed by atoms with Crippen LogP contribution in [0.25, 0.3) is 0 Å². The number of hydrogen-bond donors (Lipinski definition) is 1. The Kier molecular flexibility index (Phi) is 5.12. The number of nitrogens with zero attached hydrogens (tertiary/aromatic N) is 1. The van der Waals surface area contributed by atoms with E-state index in [1.807, 2.05) is 13.0 Å². The number of nitrogen functional groups attached to an aromatic ring is 1. The van der Waals surface area contributed by atoms with E-state index >= 15 is 0 Å². The van der Waals surface area contributed by atoms with E-state index in [1.165, 1.54) is 0 Å². The molecule has 21 heavy (non-hydrogen) atoms. The predicted molar refractivity (Wildman–Crippen MR) is 84.4 cm³/mol. The van der Waals surface area contributed by atoms with Gasteiger partial charge in [0.2, 0.25) is 0 Å². The summed E-state index contributed by atoms with van der Waals surface area (Å²) >= 11 is 1.66. The lowest BCUT2D eigenvalue weighted by molar-refractivity contribution is -0.147. The maximum atomic E-state index is 12.7. The monoisotopic (exact) mass is 308 g/mol. The third-order valence-electron chi connectivity index (χ3n) is 3.29. The third-order valence-corrected chi connectivity index (χ3v) is 4.32. The molecule has 0 aliphatic carbocycles. The van der Waals surface area contributed by atoms with Gasteiger partial charge in [0.1, 0.15) is 6.04 Å². The molecule has 0 spiro atoms. The van der Waals surface area contributed by atoms with E-state index in [0.717, 1.165) is 11.3 Å². The van der Waals surface area contributed by atoms with Gasteiger partial charge in [0.15, 0.2) is 0 Å². The molecule has 0 bridgehead atoms. The van der Waals surface area contributed by atoms with Crippen molar-refractivity contribution in [1.29, 1.82) is 0 Å². The Morgan fingerprint density at radius 1 is 1.43 bits per heavy atom. The normalized spacial score (nSPS) is 18.4. The van der Waals surface area contributed by atoms with E-state index in [2.05, 4.69) is 0 Å². The van der Waals surface area contributed by atoms with Crippen LogP contribution in [0.15, 0.2) is 18.2 Å². The molecule has 1 aliphatic rings. The molecule has 1 aliphatic heterocycles. The minimum absolute atomic E-state index is 0.163. The maximum absolute atomic E-state index is 12.7. The molecule has 1 fully saturated rings. The van der Waals surface area contributed by atoms with Gasteiger partial charge in [-0.2, -0.15) is 11.8 Å². The fourth-order valence-corrected chi connectivity index (χ4v) is 3.41. The van der Waals surface area contributed by atoms with Crippen molar-refractivity contribution in [2.24, 2.45) is 0 Å². The standard InChI is InChI=1S/C15H20N2O3S/c1-3-20-15(19)13-9-21-5-4-17(13)14(18)11-6-10(2)7-12(16)8-11/h6-8,13H,3-5,9,16H2,1-2H3. The van der Waals surface area contributed by atoms with E-state index in [0.29, 0.717) is 30.2 Å². The number of amides is 1. The molecule has 1 unspecified atom stereocenters. The van der Waals surface area contributed by atoms with Gasteiger partial charge in [-0.25, -0.2) is 4.79 Å². The number of anilines is 1. The third kappa shape index (κ3) is 3.69. The van der Waals surface area contributed by atoms with Crippen LogP contribution in [-0.2, 0) is 9.53 Å². The van der Waals surface area contributed by atoms with E-state index in [-0.39, 0.29) is 11.9 Å². The number of aryl methyl sites for hydroxylation is 1. The molecular weight excluding hydrogens is 288 g/mol. The molecule has 5 nitrogen and oxygen atoms in total. The second-order valence-electron chi connectivity index (χ2n) is 4.97. The Labute approximate surface area is 128 Å². The molecule has 1 aromatic rings. The van der Waals surface area contributed by atoms with E-state index in [1.54, 1.807) is 35.7 Å². The molecule has 1 heterocycles. The number of esters is 1. The average molecular weight is 308 g/mol. The Morgan fingerprint density at radius 3 is 2.86 bits per heavy atom. The lowest BCUT2D eigenvalue weighted by atomic mass is 10.1. The molecule has 1 amide bonds. The quantitative estimate of drug-likeness (QED) is 0.679. The minimum Gasteiger partial charge on any atom is -0.464 e. The van der Waals surface area contributed by atoms with Crippen molar-refractivity contribution in [2.45, 2.75) is 19.9 Å². The summed E-state index contributed by atoms with van der Waals surface area (Å²) < 4.78 is 5.07.